The Morgan fingerprint density at radius 1 is 1.27 bits per heavy atom. The molecule has 134 valence electrons. The minimum absolute atomic E-state index is 0.0956. The van der Waals surface area contributed by atoms with E-state index in [1.54, 1.807) is 13.3 Å². The van der Waals surface area contributed by atoms with E-state index in [-0.39, 0.29) is 5.91 Å². The van der Waals surface area contributed by atoms with Crippen molar-refractivity contribution >= 4 is 17.2 Å². The predicted octanol–water partition coefficient (Wildman–Crippen LogP) is 4.01. The van der Waals surface area contributed by atoms with Crippen LogP contribution in [-0.4, -0.2) is 23.0 Å². The molecular formula is C20H21N3O2S. The number of amides is 1. The molecule has 3 aromatic heterocycles. The molecule has 1 amide bonds. The van der Waals surface area contributed by atoms with Crippen LogP contribution in [-0.2, 0) is 13.0 Å². The van der Waals surface area contributed by atoms with Gasteiger partial charge in [-0.2, -0.15) is 0 Å². The Morgan fingerprint density at radius 2 is 2.12 bits per heavy atom. The molecule has 0 fully saturated rings. The van der Waals surface area contributed by atoms with Gasteiger partial charge in [-0.05, 0) is 43.7 Å². The molecule has 3 aromatic rings. The average molecular weight is 367 g/mol. The maximum atomic E-state index is 12.4. The summed E-state index contributed by atoms with van der Waals surface area (Å²) in [4.78, 5) is 22.9. The number of nitrogens with zero attached hydrogens (tertiary/aromatic N) is 2. The van der Waals surface area contributed by atoms with Gasteiger partial charge in [0, 0.05) is 27.9 Å². The zero-order valence-corrected chi connectivity index (χ0v) is 15.9. The summed E-state index contributed by atoms with van der Waals surface area (Å²) in [5.41, 5.74) is 3.82. The average Bonchev–Trinajstić information content (AvgIpc) is 3.16. The van der Waals surface area contributed by atoms with Crippen molar-refractivity contribution in [3.63, 3.8) is 0 Å². The third kappa shape index (κ3) is 3.91. The molecule has 0 bridgehead atoms. The van der Waals surface area contributed by atoms with Gasteiger partial charge >= 0.3 is 0 Å². The first-order valence-corrected chi connectivity index (χ1v) is 9.26. The summed E-state index contributed by atoms with van der Waals surface area (Å²) in [6.45, 7) is 4.44. The smallest absolute Gasteiger partial charge is 0.261 e. The van der Waals surface area contributed by atoms with E-state index in [4.69, 9.17) is 4.74 Å². The predicted molar refractivity (Wildman–Crippen MR) is 104 cm³/mol. The van der Waals surface area contributed by atoms with E-state index in [1.807, 2.05) is 37.3 Å². The second-order valence-electron chi connectivity index (χ2n) is 5.81. The Kier molecular flexibility index (Phi) is 5.63. The van der Waals surface area contributed by atoms with Crippen molar-refractivity contribution in [2.45, 2.75) is 26.8 Å². The summed E-state index contributed by atoms with van der Waals surface area (Å²) >= 11 is 1.46. The van der Waals surface area contributed by atoms with Crippen molar-refractivity contribution in [2.75, 3.05) is 7.11 Å². The molecule has 0 aromatic carbocycles. The highest BCUT2D eigenvalue weighted by molar-refractivity contribution is 7.17. The number of aromatic nitrogens is 2. The lowest BCUT2D eigenvalue weighted by molar-refractivity contribution is 0.0954. The van der Waals surface area contributed by atoms with Crippen molar-refractivity contribution in [2.24, 2.45) is 0 Å². The fraction of sp³-hybridized carbons (Fsp3) is 0.250. The third-order valence-electron chi connectivity index (χ3n) is 4.08. The fourth-order valence-electron chi connectivity index (χ4n) is 2.67. The number of carbonyl (C=O) groups is 1. The third-order valence-corrected chi connectivity index (χ3v) is 5.20. The van der Waals surface area contributed by atoms with Gasteiger partial charge in [-0.15, -0.1) is 11.3 Å². The number of rotatable bonds is 6. The molecule has 0 saturated heterocycles. The van der Waals surface area contributed by atoms with Crippen LogP contribution in [0.3, 0.4) is 0 Å². The molecule has 0 unspecified atom stereocenters. The Bertz CT molecular complexity index is 907. The quantitative estimate of drug-likeness (QED) is 0.715. The van der Waals surface area contributed by atoms with Gasteiger partial charge < -0.3 is 10.1 Å². The summed E-state index contributed by atoms with van der Waals surface area (Å²) in [5, 5.41) is 2.91. The van der Waals surface area contributed by atoms with E-state index < -0.39 is 0 Å². The lowest BCUT2D eigenvalue weighted by Crippen LogP contribution is -2.22. The Morgan fingerprint density at radius 3 is 2.81 bits per heavy atom. The molecule has 6 heteroatoms. The van der Waals surface area contributed by atoms with Crippen LogP contribution in [0.25, 0.3) is 10.4 Å². The van der Waals surface area contributed by atoms with E-state index in [0.29, 0.717) is 17.3 Å². The van der Waals surface area contributed by atoms with E-state index >= 15 is 0 Å². The largest absolute Gasteiger partial charge is 0.481 e. The molecule has 3 rings (SSSR count). The second kappa shape index (κ2) is 8.10. The molecule has 0 atom stereocenters. The van der Waals surface area contributed by atoms with Crippen molar-refractivity contribution in [3.8, 4) is 16.3 Å². The van der Waals surface area contributed by atoms with Crippen molar-refractivity contribution in [3.05, 3.63) is 64.4 Å². The second-order valence-corrected chi connectivity index (χ2v) is 6.89. The van der Waals surface area contributed by atoms with Crippen LogP contribution in [0.2, 0.25) is 0 Å². The molecule has 0 spiro atoms. The van der Waals surface area contributed by atoms with E-state index in [2.05, 4.69) is 28.3 Å². The van der Waals surface area contributed by atoms with Gasteiger partial charge in [-0.25, -0.2) is 4.98 Å². The van der Waals surface area contributed by atoms with Crippen LogP contribution < -0.4 is 10.1 Å². The van der Waals surface area contributed by atoms with E-state index in [1.165, 1.54) is 11.3 Å². The molecule has 5 nitrogen and oxygen atoms in total. The van der Waals surface area contributed by atoms with Gasteiger partial charge in [0.1, 0.15) is 0 Å². The molecule has 0 saturated carbocycles. The zero-order chi connectivity index (χ0) is 18.5. The van der Waals surface area contributed by atoms with Gasteiger partial charge in [-0.1, -0.05) is 13.0 Å². The monoisotopic (exact) mass is 367 g/mol. The topological polar surface area (TPSA) is 64.1 Å². The first kappa shape index (κ1) is 18.1. The van der Waals surface area contributed by atoms with Crippen molar-refractivity contribution in [1.29, 1.82) is 0 Å². The summed E-state index contributed by atoms with van der Waals surface area (Å²) in [6, 6.07) is 11.6. The van der Waals surface area contributed by atoms with Gasteiger partial charge in [0.25, 0.3) is 5.91 Å². The Hall–Kier alpha value is -2.73. The summed E-state index contributed by atoms with van der Waals surface area (Å²) in [5.74, 6) is 0.570. The number of hydrogen-bond donors (Lipinski definition) is 1. The van der Waals surface area contributed by atoms with Gasteiger partial charge in [0.2, 0.25) is 5.88 Å². The molecule has 0 aliphatic carbocycles. The van der Waals surface area contributed by atoms with Crippen LogP contribution in [0.5, 0.6) is 5.88 Å². The molecule has 26 heavy (non-hydrogen) atoms. The number of hydrogen-bond acceptors (Lipinski definition) is 5. The van der Waals surface area contributed by atoms with Crippen LogP contribution in [0.1, 0.15) is 33.5 Å². The number of pyridine rings is 2. The van der Waals surface area contributed by atoms with Crippen molar-refractivity contribution < 1.29 is 9.53 Å². The highest BCUT2D eigenvalue weighted by Crippen LogP contribution is 2.33. The molecule has 1 N–H and O–H groups in total. The molecule has 0 aliphatic rings. The molecular weight excluding hydrogens is 346 g/mol. The lowest BCUT2D eigenvalue weighted by Gasteiger charge is -2.10. The van der Waals surface area contributed by atoms with E-state index in [0.717, 1.165) is 33.8 Å². The van der Waals surface area contributed by atoms with Crippen LogP contribution in [0.4, 0.5) is 0 Å². The number of aryl methyl sites for hydroxylation is 2. The maximum Gasteiger partial charge on any atom is 0.261 e. The number of ether oxygens (including phenoxy) is 1. The minimum Gasteiger partial charge on any atom is -0.481 e. The van der Waals surface area contributed by atoms with Crippen LogP contribution in [0.15, 0.2) is 42.6 Å². The van der Waals surface area contributed by atoms with Gasteiger partial charge in [0.05, 0.1) is 24.2 Å². The van der Waals surface area contributed by atoms with E-state index in [9.17, 15) is 4.79 Å². The highest BCUT2D eigenvalue weighted by Gasteiger charge is 2.14. The number of nitrogens with one attached hydrogen (secondary N) is 1. The summed E-state index contributed by atoms with van der Waals surface area (Å²) in [7, 11) is 1.63. The van der Waals surface area contributed by atoms with Crippen LogP contribution in [0, 0.1) is 6.92 Å². The number of carbonyl (C=O) groups excluding carboxylic acids is 1. The number of thiophene rings is 1. The van der Waals surface area contributed by atoms with Crippen LogP contribution >= 0.6 is 11.3 Å². The standard InChI is InChI=1S/C20H21N3O2S/c1-4-14-11-16(13(2)23-20(14)25-3)17-8-9-18(26-17)19(24)22-12-15-7-5-6-10-21-15/h5-11H,4,12H2,1-3H3,(H,22,24). The zero-order valence-electron chi connectivity index (χ0n) is 15.1. The highest BCUT2D eigenvalue weighted by atomic mass is 32.1. The molecule has 0 radical (unpaired) electrons. The Balaban J connectivity index is 1.78. The lowest BCUT2D eigenvalue weighted by atomic mass is 10.1. The summed E-state index contributed by atoms with van der Waals surface area (Å²) < 4.78 is 5.35. The van der Waals surface area contributed by atoms with Crippen molar-refractivity contribution in [1.82, 2.24) is 15.3 Å². The molecule has 3 heterocycles. The Labute approximate surface area is 157 Å². The van der Waals surface area contributed by atoms with Gasteiger partial charge in [-0.3, -0.25) is 9.78 Å². The summed E-state index contributed by atoms with van der Waals surface area (Å²) in [6.07, 6.45) is 2.56. The first-order chi connectivity index (χ1) is 12.6. The maximum absolute atomic E-state index is 12.4. The fourth-order valence-corrected chi connectivity index (χ4v) is 3.66. The first-order valence-electron chi connectivity index (χ1n) is 8.45. The minimum atomic E-state index is -0.0956. The van der Waals surface area contributed by atoms with Gasteiger partial charge in [0.15, 0.2) is 0 Å². The number of methoxy groups -OCH3 is 1. The normalized spacial score (nSPS) is 10.6. The SMILES string of the molecule is CCc1cc(-c2ccc(C(=O)NCc3ccccn3)s2)c(C)nc1OC. The molecule has 0 aliphatic heterocycles.